The van der Waals surface area contributed by atoms with Gasteiger partial charge in [0.2, 0.25) is 0 Å². The first-order valence-corrected chi connectivity index (χ1v) is 7.66. The molecule has 100 valence electrons. The molecular formula is C16H15N3S. The number of thiophene rings is 1. The maximum Gasteiger partial charge on any atom is 0.138 e. The van der Waals surface area contributed by atoms with E-state index in [1.165, 1.54) is 5.56 Å². The molecule has 4 rings (SSSR count). The van der Waals surface area contributed by atoms with Gasteiger partial charge in [0, 0.05) is 16.4 Å². The fourth-order valence-corrected chi connectivity index (χ4v) is 3.43. The Morgan fingerprint density at radius 3 is 2.60 bits per heavy atom. The van der Waals surface area contributed by atoms with Gasteiger partial charge in [-0.05, 0) is 18.4 Å². The zero-order chi connectivity index (χ0) is 13.7. The minimum Gasteiger partial charge on any atom is -0.383 e. The fraction of sp³-hybridized carbons (Fsp3) is 0.250. The van der Waals surface area contributed by atoms with Crippen LogP contribution >= 0.6 is 11.3 Å². The highest BCUT2D eigenvalue weighted by molar-refractivity contribution is 7.17. The van der Waals surface area contributed by atoms with E-state index in [4.69, 9.17) is 10.7 Å². The number of rotatable bonds is 2. The topological polar surface area (TPSA) is 51.8 Å². The van der Waals surface area contributed by atoms with E-state index in [1.54, 1.807) is 11.3 Å². The molecule has 1 aromatic carbocycles. The lowest BCUT2D eigenvalue weighted by Crippen LogP contribution is -2.08. The Morgan fingerprint density at radius 2 is 1.90 bits per heavy atom. The zero-order valence-corrected chi connectivity index (χ0v) is 12.1. The average Bonchev–Trinajstić information content (AvgIpc) is 3.07. The number of aromatic nitrogens is 2. The molecule has 0 unspecified atom stereocenters. The second-order valence-corrected chi connectivity index (χ2v) is 6.55. The first kappa shape index (κ1) is 11.9. The Labute approximate surface area is 121 Å². The molecule has 1 aliphatic rings. The standard InChI is InChI=1S/C16H15N3S/c1-16(7-8-16)15-18-13(17)12-11(9-20-14(12)19-15)10-5-3-2-4-6-10/h2-6,9H,7-8H2,1H3,(H2,17,18,19). The van der Waals surface area contributed by atoms with E-state index in [2.05, 4.69) is 29.4 Å². The molecule has 1 saturated carbocycles. The van der Waals surface area contributed by atoms with Crippen molar-refractivity contribution in [2.24, 2.45) is 0 Å². The minimum atomic E-state index is 0.152. The molecular weight excluding hydrogens is 266 g/mol. The predicted molar refractivity (Wildman–Crippen MR) is 83.8 cm³/mol. The van der Waals surface area contributed by atoms with E-state index in [9.17, 15) is 0 Å². The summed E-state index contributed by atoms with van der Waals surface area (Å²) in [5, 5.41) is 3.12. The van der Waals surface area contributed by atoms with E-state index in [-0.39, 0.29) is 5.41 Å². The summed E-state index contributed by atoms with van der Waals surface area (Å²) < 4.78 is 0. The molecule has 2 N–H and O–H groups in total. The maximum atomic E-state index is 6.22. The van der Waals surface area contributed by atoms with Gasteiger partial charge in [-0.15, -0.1) is 11.3 Å². The van der Waals surface area contributed by atoms with Crippen LogP contribution in [0.3, 0.4) is 0 Å². The second-order valence-electron chi connectivity index (χ2n) is 5.69. The monoisotopic (exact) mass is 281 g/mol. The van der Waals surface area contributed by atoms with Crippen LogP contribution in [0.1, 0.15) is 25.6 Å². The minimum absolute atomic E-state index is 0.152. The summed E-state index contributed by atoms with van der Waals surface area (Å²) in [6.45, 7) is 2.21. The van der Waals surface area contributed by atoms with Crippen molar-refractivity contribution in [3.63, 3.8) is 0 Å². The lowest BCUT2D eigenvalue weighted by molar-refractivity contribution is 0.718. The number of hydrogen-bond donors (Lipinski definition) is 1. The van der Waals surface area contributed by atoms with Crippen molar-refractivity contribution in [3.05, 3.63) is 41.5 Å². The first-order valence-electron chi connectivity index (χ1n) is 6.78. The molecule has 3 nitrogen and oxygen atoms in total. The van der Waals surface area contributed by atoms with E-state index in [0.717, 1.165) is 34.4 Å². The van der Waals surface area contributed by atoms with Crippen LogP contribution in [0.15, 0.2) is 35.7 Å². The molecule has 1 aliphatic carbocycles. The van der Waals surface area contributed by atoms with Gasteiger partial charge in [-0.3, -0.25) is 0 Å². The number of anilines is 1. The Kier molecular flexibility index (Phi) is 2.39. The van der Waals surface area contributed by atoms with E-state index >= 15 is 0 Å². The van der Waals surface area contributed by atoms with Gasteiger partial charge in [-0.25, -0.2) is 9.97 Å². The molecule has 0 saturated heterocycles. The van der Waals surface area contributed by atoms with Crippen molar-refractivity contribution in [2.75, 3.05) is 5.73 Å². The molecule has 0 spiro atoms. The van der Waals surface area contributed by atoms with Crippen LogP contribution in [-0.4, -0.2) is 9.97 Å². The Morgan fingerprint density at radius 1 is 1.15 bits per heavy atom. The SMILES string of the molecule is CC1(c2nc(N)c3c(-c4ccccc4)csc3n2)CC1. The molecule has 3 aromatic rings. The van der Waals surface area contributed by atoms with Gasteiger partial charge in [0.1, 0.15) is 16.5 Å². The van der Waals surface area contributed by atoms with Crippen molar-refractivity contribution in [3.8, 4) is 11.1 Å². The summed E-state index contributed by atoms with van der Waals surface area (Å²) in [6.07, 6.45) is 2.32. The van der Waals surface area contributed by atoms with Crippen molar-refractivity contribution in [2.45, 2.75) is 25.2 Å². The number of nitrogens with two attached hydrogens (primary N) is 1. The van der Waals surface area contributed by atoms with E-state index in [0.29, 0.717) is 5.82 Å². The number of nitrogens with zero attached hydrogens (tertiary/aromatic N) is 2. The van der Waals surface area contributed by atoms with Crippen LogP contribution in [0.4, 0.5) is 5.82 Å². The maximum absolute atomic E-state index is 6.22. The summed E-state index contributed by atoms with van der Waals surface area (Å²) in [4.78, 5) is 10.3. The molecule has 0 radical (unpaired) electrons. The molecule has 0 aliphatic heterocycles. The van der Waals surface area contributed by atoms with E-state index < -0.39 is 0 Å². The highest BCUT2D eigenvalue weighted by Crippen LogP contribution is 2.47. The Balaban J connectivity index is 1.94. The zero-order valence-electron chi connectivity index (χ0n) is 11.3. The molecule has 2 aromatic heterocycles. The van der Waals surface area contributed by atoms with Crippen LogP contribution in [0.2, 0.25) is 0 Å². The molecule has 0 bridgehead atoms. The van der Waals surface area contributed by atoms with Crippen molar-refractivity contribution in [1.82, 2.24) is 9.97 Å². The van der Waals surface area contributed by atoms with Gasteiger partial charge in [0.25, 0.3) is 0 Å². The molecule has 20 heavy (non-hydrogen) atoms. The summed E-state index contributed by atoms with van der Waals surface area (Å²) in [5.41, 5.74) is 8.67. The largest absolute Gasteiger partial charge is 0.383 e. The van der Waals surface area contributed by atoms with Gasteiger partial charge in [0.15, 0.2) is 0 Å². The Bertz CT molecular complexity index is 788. The van der Waals surface area contributed by atoms with Crippen LogP contribution < -0.4 is 5.73 Å². The van der Waals surface area contributed by atoms with Crippen LogP contribution in [0.25, 0.3) is 21.3 Å². The normalized spacial score (nSPS) is 16.4. The smallest absolute Gasteiger partial charge is 0.138 e. The number of fused-ring (bicyclic) bond motifs is 1. The van der Waals surface area contributed by atoms with Gasteiger partial charge >= 0.3 is 0 Å². The highest BCUT2D eigenvalue weighted by atomic mass is 32.1. The average molecular weight is 281 g/mol. The molecule has 0 amide bonds. The molecule has 1 fully saturated rings. The number of nitrogen functional groups attached to an aromatic ring is 1. The van der Waals surface area contributed by atoms with Crippen LogP contribution in [0.5, 0.6) is 0 Å². The lowest BCUT2D eigenvalue weighted by Gasteiger charge is -2.08. The molecule has 4 heteroatoms. The summed E-state index contributed by atoms with van der Waals surface area (Å²) in [6, 6.07) is 10.3. The van der Waals surface area contributed by atoms with Crippen molar-refractivity contribution >= 4 is 27.4 Å². The van der Waals surface area contributed by atoms with Crippen LogP contribution in [-0.2, 0) is 5.41 Å². The summed E-state index contributed by atoms with van der Waals surface area (Å²) in [7, 11) is 0. The van der Waals surface area contributed by atoms with Gasteiger partial charge < -0.3 is 5.73 Å². The van der Waals surface area contributed by atoms with Crippen molar-refractivity contribution < 1.29 is 0 Å². The lowest BCUT2D eigenvalue weighted by atomic mass is 10.1. The van der Waals surface area contributed by atoms with Crippen molar-refractivity contribution in [1.29, 1.82) is 0 Å². The fourth-order valence-electron chi connectivity index (χ4n) is 2.48. The third-order valence-corrected chi connectivity index (χ3v) is 4.96. The third kappa shape index (κ3) is 1.72. The molecule has 0 atom stereocenters. The highest BCUT2D eigenvalue weighted by Gasteiger charge is 2.42. The number of hydrogen-bond acceptors (Lipinski definition) is 4. The Hall–Kier alpha value is -1.94. The number of benzene rings is 1. The van der Waals surface area contributed by atoms with E-state index in [1.807, 2.05) is 18.2 Å². The first-order chi connectivity index (χ1) is 9.67. The van der Waals surface area contributed by atoms with Gasteiger partial charge in [0.05, 0.1) is 5.39 Å². The molecule has 2 heterocycles. The quantitative estimate of drug-likeness (QED) is 0.772. The van der Waals surface area contributed by atoms with Gasteiger partial charge in [-0.2, -0.15) is 0 Å². The van der Waals surface area contributed by atoms with Crippen LogP contribution in [0, 0.1) is 0 Å². The summed E-state index contributed by atoms with van der Waals surface area (Å²) in [5.74, 6) is 1.52. The van der Waals surface area contributed by atoms with Gasteiger partial charge in [-0.1, -0.05) is 37.3 Å². The third-order valence-electron chi connectivity index (χ3n) is 4.09. The summed E-state index contributed by atoms with van der Waals surface area (Å²) >= 11 is 1.65. The second kappa shape index (κ2) is 4.03. The predicted octanol–water partition coefficient (Wildman–Crippen LogP) is 3.99.